The number of carbonyl (C=O) groups excluding carboxylic acids is 3. The Labute approximate surface area is 251 Å². The maximum Gasteiger partial charge on any atom is 0.424 e. The molecule has 1 amide bonds. The van der Waals surface area contributed by atoms with Crippen molar-refractivity contribution in [1.29, 1.82) is 0 Å². The third-order valence-corrected chi connectivity index (χ3v) is 8.55. The number of ketones is 2. The Morgan fingerprint density at radius 2 is 1.86 bits per heavy atom. The van der Waals surface area contributed by atoms with Gasteiger partial charge in [0.2, 0.25) is 17.1 Å². The van der Waals surface area contributed by atoms with Crippen LogP contribution in [0.3, 0.4) is 0 Å². The number of nitro benzene ring substituents is 1. The van der Waals surface area contributed by atoms with E-state index in [0.717, 1.165) is 0 Å². The molecule has 0 saturated heterocycles. The van der Waals surface area contributed by atoms with Crippen LogP contribution in [-0.4, -0.2) is 94.4 Å². The molecule has 1 aromatic rings. The Morgan fingerprint density at radius 3 is 2.36 bits per heavy atom. The molecule has 0 aromatic heterocycles. The lowest BCUT2D eigenvalue weighted by Gasteiger charge is -2.51. The number of aromatic hydroxyl groups is 1. The molecule has 240 valence electrons. The van der Waals surface area contributed by atoms with E-state index < -0.39 is 95.9 Å². The van der Waals surface area contributed by atoms with Crippen molar-refractivity contribution >= 4 is 45.0 Å². The largest absolute Gasteiger partial charge is 0.508 e. The minimum Gasteiger partial charge on any atom is -0.508 e. The summed E-state index contributed by atoms with van der Waals surface area (Å²) in [6.07, 6.45) is 0.248. The monoisotopic (exact) mass is 640 g/mol. The Balaban J connectivity index is 2.10. The molecule has 0 aliphatic heterocycles. The van der Waals surface area contributed by atoms with Gasteiger partial charge in [0.05, 0.1) is 16.5 Å². The van der Waals surface area contributed by atoms with Crippen molar-refractivity contribution in [2.75, 3.05) is 32.1 Å². The van der Waals surface area contributed by atoms with Crippen molar-refractivity contribution in [2.24, 2.45) is 17.6 Å². The Hall–Kier alpha value is -4.10. The standard InChI is InChI=1S/C26H32N4O13S/c1-5-7-29(6-2)14-10-15(30(37)38)20(31)17-12(14)8-11-9-13-19(28(3)4)22(33)18(25(27)36)24(35)26(13,42-43-44(39,40)41)23(34)16(11)21(17)32/h10-11,13,19,31-32,35H,5-9H2,1-4H3,(H2,27,36)(H,39,40,41)/t11?,13?,19-,26-/m0/s1. The number of aliphatic hydroxyl groups is 2. The van der Waals surface area contributed by atoms with Gasteiger partial charge in [-0.15, -0.1) is 0 Å². The van der Waals surface area contributed by atoms with Crippen LogP contribution < -0.4 is 10.6 Å². The van der Waals surface area contributed by atoms with Crippen molar-refractivity contribution in [3.63, 3.8) is 0 Å². The van der Waals surface area contributed by atoms with Crippen molar-refractivity contribution in [2.45, 2.75) is 44.8 Å². The fraction of sp³-hybridized carbons (Fsp3) is 0.500. The molecule has 6 N–H and O–H groups in total. The van der Waals surface area contributed by atoms with Gasteiger partial charge in [0.15, 0.2) is 11.5 Å². The molecule has 0 bridgehead atoms. The molecule has 3 aliphatic rings. The van der Waals surface area contributed by atoms with Crippen LogP contribution in [0.4, 0.5) is 11.4 Å². The molecular formula is C26H32N4O13S. The van der Waals surface area contributed by atoms with Gasteiger partial charge in [-0.3, -0.25) is 34.0 Å². The van der Waals surface area contributed by atoms with Crippen molar-refractivity contribution in [1.82, 2.24) is 4.90 Å². The fourth-order valence-electron chi connectivity index (χ4n) is 6.63. The number of phenols is 1. The van der Waals surface area contributed by atoms with Crippen LogP contribution in [0.15, 0.2) is 23.0 Å². The number of fused-ring (bicyclic) bond motifs is 3. The summed E-state index contributed by atoms with van der Waals surface area (Å²) in [6, 6.07) is -0.270. The summed E-state index contributed by atoms with van der Waals surface area (Å²) in [4.78, 5) is 59.3. The topological polar surface area (TPSA) is 260 Å². The third-order valence-electron chi connectivity index (χ3n) is 8.31. The number of nitrogens with zero attached hydrogens (tertiary/aromatic N) is 3. The number of carbonyl (C=O) groups is 3. The maximum absolute atomic E-state index is 14.4. The summed E-state index contributed by atoms with van der Waals surface area (Å²) < 4.78 is 36.5. The molecule has 4 rings (SSSR count). The van der Waals surface area contributed by atoms with E-state index in [1.54, 1.807) is 11.8 Å². The zero-order chi connectivity index (χ0) is 33.0. The number of nitrogens with two attached hydrogens (primary N) is 1. The SMILES string of the molecule is CCCN(CC)c1cc([N+](=O)[O-])c(O)c2c1CC1CC3[C@H](N(C)C)C(=O)C(C(N)=O)=C(O)[C@@]3(OOS(=O)(=O)O)C(=O)C1=C2O. The first-order valence-corrected chi connectivity index (χ1v) is 14.9. The molecule has 2 unspecified atom stereocenters. The number of hydrogen-bond donors (Lipinski definition) is 5. The van der Waals surface area contributed by atoms with E-state index in [-0.39, 0.29) is 18.4 Å². The summed E-state index contributed by atoms with van der Waals surface area (Å²) in [5, 5.41) is 45.7. The predicted octanol–water partition coefficient (Wildman–Crippen LogP) is 0.867. The minimum absolute atomic E-state index is 0.102. The average molecular weight is 641 g/mol. The Kier molecular flexibility index (Phi) is 8.53. The molecule has 0 radical (unpaired) electrons. The lowest BCUT2D eigenvalue weighted by molar-refractivity contribution is -0.385. The number of likely N-dealkylation sites (N-methyl/N-ethyl adjacent to an activating group) is 1. The van der Waals surface area contributed by atoms with Crippen LogP contribution in [0, 0.1) is 22.0 Å². The minimum atomic E-state index is -5.47. The van der Waals surface area contributed by atoms with E-state index >= 15 is 0 Å². The number of aliphatic hydroxyl groups excluding tert-OH is 2. The average Bonchev–Trinajstić information content (AvgIpc) is 2.90. The van der Waals surface area contributed by atoms with Gasteiger partial charge in [-0.25, -0.2) is 0 Å². The number of anilines is 1. The van der Waals surface area contributed by atoms with Gasteiger partial charge in [-0.1, -0.05) is 11.3 Å². The number of rotatable bonds is 10. The van der Waals surface area contributed by atoms with Crippen molar-refractivity contribution < 1.29 is 56.8 Å². The second kappa shape index (κ2) is 11.4. The number of hydrogen-bond acceptors (Lipinski definition) is 14. The predicted molar refractivity (Wildman–Crippen MR) is 151 cm³/mol. The number of benzene rings is 1. The molecular weight excluding hydrogens is 608 g/mol. The summed E-state index contributed by atoms with van der Waals surface area (Å²) in [6.45, 7) is 4.53. The third kappa shape index (κ3) is 4.97. The Morgan fingerprint density at radius 1 is 1.23 bits per heavy atom. The highest BCUT2D eigenvalue weighted by molar-refractivity contribution is 7.80. The van der Waals surface area contributed by atoms with Crippen LogP contribution in [0.25, 0.3) is 5.76 Å². The number of primary amides is 1. The number of amides is 1. The fourth-order valence-corrected chi connectivity index (χ4v) is 6.83. The van der Waals surface area contributed by atoms with Crippen molar-refractivity contribution in [3.8, 4) is 5.75 Å². The summed E-state index contributed by atoms with van der Waals surface area (Å²) in [5.41, 5.74) is 0.0292. The van der Waals surface area contributed by atoms with Gasteiger partial charge in [0, 0.05) is 36.3 Å². The smallest absolute Gasteiger partial charge is 0.424 e. The highest BCUT2D eigenvalue weighted by Crippen LogP contribution is 2.56. The van der Waals surface area contributed by atoms with Gasteiger partial charge < -0.3 is 26.0 Å². The molecule has 44 heavy (non-hydrogen) atoms. The lowest BCUT2D eigenvalue weighted by atomic mass is 9.57. The Bertz CT molecular complexity index is 1630. The molecule has 4 atom stereocenters. The van der Waals surface area contributed by atoms with Crippen LogP contribution in [-0.2, 0) is 40.4 Å². The van der Waals surface area contributed by atoms with Gasteiger partial charge in [0.25, 0.3) is 5.91 Å². The lowest BCUT2D eigenvalue weighted by Crippen LogP contribution is -2.66. The zero-order valence-corrected chi connectivity index (χ0v) is 25.0. The highest BCUT2D eigenvalue weighted by atomic mass is 32.3. The molecule has 17 nitrogen and oxygen atoms in total. The van der Waals surface area contributed by atoms with Crippen LogP contribution in [0.1, 0.15) is 37.8 Å². The molecule has 1 aromatic carbocycles. The first-order chi connectivity index (χ1) is 20.4. The molecule has 1 saturated carbocycles. The normalized spacial score (nSPS) is 25.1. The molecule has 3 aliphatic carbocycles. The zero-order valence-electron chi connectivity index (χ0n) is 24.1. The van der Waals surface area contributed by atoms with Gasteiger partial charge in [-0.2, -0.15) is 13.3 Å². The van der Waals surface area contributed by atoms with Crippen LogP contribution >= 0.6 is 0 Å². The molecule has 18 heteroatoms. The quantitative estimate of drug-likeness (QED) is 0.0781. The first kappa shape index (κ1) is 32.8. The first-order valence-electron chi connectivity index (χ1n) is 13.5. The number of Topliss-reactive ketones (excluding diaryl/α,β-unsaturated/α-hetero) is 2. The van der Waals surface area contributed by atoms with Gasteiger partial charge in [-0.05, 0) is 51.8 Å². The molecule has 0 spiro atoms. The van der Waals surface area contributed by atoms with E-state index in [2.05, 4.69) is 4.33 Å². The van der Waals surface area contributed by atoms with E-state index in [9.17, 15) is 52.8 Å². The van der Waals surface area contributed by atoms with Crippen LogP contribution in [0.2, 0.25) is 0 Å². The van der Waals surface area contributed by atoms with E-state index in [0.29, 0.717) is 25.2 Å². The number of nitro groups is 1. The van der Waals surface area contributed by atoms with Gasteiger partial charge in [0.1, 0.15) is 11.3 Å². The summed E-state index contributed by atoms with van der Waals surface area (Å²) in [5.74, 6) is -9.66. The molecule has 1 fully saturated rings. The van der Waals surface area contributed by atoms with E-state index in [1.807, 2.05) is 6.92 Å². The second-order valence-electron chi connectivity index (χ2n) is 11.0. The second-order valence-corrected chi connectivity index (χ2v) is 12.0. The van der Waals surface area contributed by atoms with E-state index in [4.69, 9.17) is 10.6 Å². The van der Waals surface area contributed by atoms with Crippen molar-refractivity contribution in [3.05, 3.63) is 44.2 Å². The highest BCUT2D eigenvalue weighted by Gasteiger charge is 2.67. The van der Waals surface area contributed by atoms with Crippen LogP contribution in [0.5, 0.6) is 5.75 Å². The van der Waals surface area contributed by atoms with Gasteiger partial charge >= 0.3 is 16.1 Å². The number of phenolic OH excluding ortho intramolecular Hbond substituents is 1. The molecule has 0 heterocycles. The summed E-state index contributed by atoms with van der Waals surface area (Å²) >= 11 is 0. The summed E-state index contributed by atoms with van der Waals surface area (Å²) in [7, 11) is -2.67. The van der Waals surface area contributed by atoms with E-state index in [1.165, 1.54) is 25.1 Å². The maximum atomic E-state index is 14.4.